The van der Waals surface area contributed by atoms with E-state index in [-0.39, 0.29) is 17.5 Å². The molecular weight excluding hydrogens is 434 g/mol. The highest BCUT2D eigenvalue weighted by atomic mass is 16.5. The molecule has 2 N–H and O–H groups in total. The van der Waals surface area contributed by atoms with Crippen molar-refractivity contribution in [1.29, 1.82) is 0 Å². The van der Waals surface area contributed by atoms with Crippen molar-refractivity contribution in [3.63, 3.8) is 0 Å². The fraction of sp³-hybridized carbons (Fsp3) is 0.333. The molecular formula is C27H31NO6. The molecule has 0 fully saturated rings. The highest BCUT2D eigenvalue weighted by molar-refractivity contribution is 5.54. The van der Waals surface area contributed by atoms with Gasteiger partial charge in [0.15, 0.2) is 23.0 Å². The number of nitrogens with zero attached hydrogens (tertiary/aromatic N) is 1. The van der Waals surface area contributed by atoms with E-state index in [4.69, 9.17) is 18.9 Å². The minimum Gasteiger partial charge on any atom is -0.504 e. The second-order valence-corrected chi connectivity index (χ2v) is 8.37. The largest absolute Gasteiger partial charge is 0.504 e. The lowest BCUT2D eigenvalue weighted by atomic mass is 9.87. The van der Waals surface area contributed by atoms with Crippen molar-refractivity contribution in [1.82, 2.24) is 4.90 Å². The molecule has 1 aliphatic rings. The molecule has 1 atom stereocenters. The van der Waals surface area contributed by atoms with E-state index in [1.165, 1.54) is 0 Å². The smallest absolute Gasteiger partial charge is 0.203 e. The van der Waals surface area contributed by atoms with E-state index in [9.17, 15) is 10.2 Å². The van der Waals surface area contributed by atoms with Crippen LogP contribution in [-0.2, 0) is 19.4 Å². The Hall–Kier alpha value is -3.58. The average molecular weight is 466 g/mol. The number of fused-ring (bicyclic) bond motifs is 1. The minimum atomic E-state index is -0.114. The first-order chi connectivity index (χ1) is 16.5. The summed E-state index contributed by atoms with van der Waals surface area (Å²) in [5.74, 6) is 2.36. The number of aromatic hydroxyl groups is 2. The van der Waals surface area contributed by atoms with Crippen LogP contribution in [0.1, 0.15) is 28.3 Å². The average Bonchev–Trinajstić information content (AvgIpc) is 2.86. The van der Waals surface area contributed by atoms with Crippen LogP contribution < -0.4 is 18.9 Å². The van der Waals surface area contributed by atoms with E-state index in [2.05, 4.69) is 11.0 Å². The lowest BCUT2D eigenvalue weighted by Gasteiger charge is -2.38. The molecule has 1 unspecified atom stereocenters. The molecule has 0 radical (unpaired) electrons. The quantitative estimate of drug-likeness (QED) is 0.475. The molecule has 0 bridgehead atoms. The summed E-state index contributed by atoms with van der Waals surface area (Å²) in [4.78, 5) is 2.39. The van der Waals surface area contributed by atoms with Crippen molar-refractivity contribution in [2.45, 2.75) is 25.4 Å². The van der Waals surface area contributed by atoms with Crippen LogP contribution >= 0.6 is 0 Å². The van der Waals surface area contributed by atoms with Crippen LogP contribution in [0.3, 0.4) is 0 Å². The summed E-state index contributed by atoms with van der Waals surface area (Å²) >= 11 is 0. The molecule has 0 saturated carbocycles. The number of methoxy groups -OCH3 is 4. The first-order valence-electron chi connectivity index (χ1n) is 11.2. The summed E-state index contributed by atoms with van der Waals surface area (Å²) in [5.41, 5.74) is 4.18. The Morgan fingerprint density at radius 3 is 2.18 bits per heavy atom. The van der Waals surface area contributed by atoms with Crippen molar-refractivity contribution in [2.75, 3.05) is 35.0 Å². The van der Waals surface area contributed by atoms with Gasteiger partial charge in [0, 0.05) is 19.1 Å². The molecule has 7 heteroatoms. The monoisotopic (exact) mass is 465 g/mol. The zero-order valence-electron chi connectivity index (χ0n) is 20.0. The normalized spacial score (nSPS) is 15.5. The van der Waals surface area contributed by atoms with E-state index in [1.54, 1.807) is 40.6 Å². The van der Waals surface area contributed by atoms with Crippen LogP contribution in [0.5, 0.6) is 34.5 Å². The third kappa shape index (κ3) is 4.70. The molecule has 7 nitrogen and oxygen atoms in total. The topological polar surface area (TPSA) is 80.6 Å². The standard InChI is InChI=1S/C27H31NO6/c1-31-20-7-5-6-17(10-20)16-28-9-8-19-14-23(29)24(30)15-21(19)22(28)11-18-12-25(32-2)27(34-4)26(13-18)33-3/h5-7,10,12-15,22,29-30H,8-9,11,16H2,1-4H3. The molecule has 0 spiro atoms. The third-order valence-corrected chi connectivity index (χ3v) is 6.38. The fourth-order valence-corrected chi connectivity index (χ4v) is 4.69. The Balaban J connectivity index is 1.74. The summed E-state index contributed by atoms with van der Waals surface area (Å²) in [6.07, 6.45) is 1.43. The van der Waals surface area contributed by atoms with Crippen LogP contribution in [0.15, 0.2) is 48.5 Å². The molecule has 0 aliphatic carbocycles. The lowest BCUT2D eigenvalue weighted by molar-refractivity contribution is 0.173. The maximum Gasteiger partial charge on any atom is 0.203 e. The highest BCUT2D eigenvalue weighted by Crippen LogP contribution is 2.42. The SMILES string of the molecule is COc1cccc(CN2CCc3cc(O)c(O)cc3C2Cc2cc(OC)c(OC)c(OC)c2)c1. The van der Waals surface area contributed by atoms with Gasteiger partial charge in [0.2, 0.25) is 5.75 Å². The Bertz CT molecular complexity index is 1140. The van der Waals surface area contributed by atoms with E-state index in [0.717, 1.165) is 41.0 Å². The van der Waals surface area contributed by atoms with Gasteiger partial charge in [-0.2, -0.15) is 0 Å². The number of rotatable bonds is 8. The summed E-state index contributed by atoms with van der Waals surface area (Å²) in [6.45, 7) is 1.52. The molecule has 1 heterocycles. The van der Waals surface area contributed by atoms with Gasteiger partial charge in [0.25, 0.3) is 0 Å². The summed E-state index contributed by atoms with van der Waals surface area (Å²) in [6, 6.07) is 15.3. The Kier molecular flexibility index (Phi) is 7.03. The van der Waals surface area contributed by atoms with Gasteiger partial charge in [-0.15, -0.1) is 0 Å². The molecule has 0 saturated heterocycles. The first-order valence-corrected chi connectivity index (χ1v) is 11.2. The van der Waals surface area contributed by atoms with E-state index in [0.29, 0.717) is 30.2 Å². The number of phenolic OH excluding ortho intramolecular Hbond substituents is 2. The van der Waals surface area contributed by atoms with Gasteiger partial charge in [0.1, 0.15) is 5.75 Å². The summed E-state index contributed by atoms with van der Waals surface area (Å²) in [7, 11) is 6.46. The van der Waals surface area contributed by atoms with Gasteiger partial charge in [-0.3, -0.25) is 4.90 Å². The third-order valence-electron chi connectivity index (χ3n) is 6.38. The maximum atomic E-state index is 10.3. The molecule has 4 rings (SSSR count). The van der Waals surface area contributed by atoms with Crippen molar-refractivity contribution >= 4 is 0 Å². The van der Waals surface area contributed by atoms with Crippen LogP contribution in [0, 0.1) is 0 Å². The highest BCUT2D eigenvalue weighted by Gasteiger charge is 2.30. The second-order valence-electron chi connectivity index (χ2n) is 8.37. The fourth-order valence-electron chi connectivity index (χ4n) is 4.69. The van der Waals surface area contributed by atoms with Crippen molar-refractivity contribution in [3.05, 3.63) is 70.8 Å². The van der Waals surface area contributed by atoms with Crippen molar-refractivity contribution in [2.24, 2.45) is 0 Å². The van der Waals surface area contributed by atoms with Gasteiger partial charge >= 0.3 is 0 Å². The van der Waals surface area contributed by atoms with Gasteiger partial charge in [0.05, 0.1) is 28.4 Å². The van der Waals surface area contributed by atoms with Crippen LogP contribution in [-0.4, -0.2) is 50.1 Å². The van der Waals surface area contributed by atoms with E-state index in [1.807, 2.05) is 30.3 Å². The van der Waals surface area contributed by atoms with E-state index < -0.39 is 0 Å². The van der Waals surface area contributed by atoms with Crippen molar-refractivity contribution < 1.29 is 29.2 Å². The van der Waals surface area contributed by atoms with E-state index >= 15 is 0 Å². The number of hydrogen-bond acceptors (Lipinski definition) is 7. The van der Waals surface area contributed by atoms with Crippen molar-refractivity contribution in [3.8, 4) is 34.5 Å². The zero-order valence-corrected chi connectivity index (χ0v) is 20.0. The number of phenols is 2. The Morgan fingerprint density at radius 1 is 0.824 bits per heavy atom. The molecule has 3 aromatic carbocycles. The number of benzene rings is 3. The molecule has 34 heavy (non-hydrogen) atoms. The zero-order chi connectivity index (χ0) is 24.2. The maximum absolute atomic E-state index is 10.3. The Labute approximate surface area is 200 Å². The second kappa shape index (κ2) is 10.1. The predicted octanol–water partition coefficient (Wildman–Crippen LogP) is 4.47. The molecule has 0 aromatic heterocycles. The van der Waals surface area contributed by atoms with Crippen LogP contribution in [0.2, 0.25) is 0 Å². The molecule has 180 valence electrons. The predicted molar refractivity (Wildman–Crippen MR) is 129 cm³/mol. The van der Waals surface area contributed by atoms with Gasteiger partial charge in [-0.1, -0.05) is 12.1 Å². The van der Waals surface area contributed by atoms with Gasteiger partial charge in [-0.05, 0) is 71.5 Å². The summed E-state index contributed by atoms with van der Waals surface area (Å²) in [5, 5.41) is 20.4. The van der Waals surface area contributed by atoms with Crippen LogP contribution in [0.25, 0.3) is 0 Å². The number of hydrogen-bond donors (Lipinski definition) is 2. The van der Waals surface area contributed by atoms with Gasteiger partial charge < -0.3 is 29.2 Å². The molecule has 3 aromatic rings. The molecule has 0 amide bonds. The molecule has 1 aliphatic heterocycles. The number of ether oxygens (including phenoxy) is 4. The first kappa shape index (κ1) is 23.6. The van der Waals surface area contributed by atoms with Gasteiger partial charge in [-0.25, -0.2) is 0 Å². The summed E-state index contributed by atoms with van der Waals surface area (Å²) < 4.78 is 22.0. The minimum absolute atomic E-state index is 0.0377. The lowest BCUT2D eigenvalue weighted by Crippen LogP contribution is -2.36. The Morgan fingerprint density at radius 2 is 1.53 bits per heavy atom. The van der Waals surface area contributed by atoms with Crippen LogP contribution in [0.4, 0.5) is 0 Å².